The molecule has 0 N–H and O–H groups in total. The van der Waals surface area contributed by atoms with Crippen molar-refractivity contribution in [1.29, 1.82) is 5.26 Å². The van der Waals surface area contributed by atoms with Crippen LogP contribution < -0.4 is 14.0 Å². The molecule has 54 heavy (non-hydrogen) atoms. The first-order chi connectivity index (χ1) is 24.5. The number of halogens is 12. The first-order valence-electron chi connectivity index (χ1n) is 16.4. The number of imidazole rings is 2. The zero-order valence-corrected chi connectivity index (χ0v) is 31.7. The average molecular weight is 830 g/mol. The molecule has 5 aromatic rings. The summed E-state index contributed by atoms with van der Waals surface area (Å²) in [6, 6.07) is 18.7. The van der Waals surface area contributed by atoms with Gasteiger partial charge in [0.2, 0.25) is 5.95 Å². The van der Waals surface area contributed by atoms with Gasteiger partial charge < -0.3 is 4.90 Å². The van der Waals surface area contributed by atoms with E-state index < -0.39 is 15.6 Å². The van der Waals surface area contributed by atoms with Crippen molar-refractivity contribution in [3.63, 3.8) is 0 Å². The molecule has 0 radical (unpaired) electrons. The van der Waals surface area contributed by atoms with Gasteiger partial charge in [-0.3, -0.25) is 0 Å². The molecule has 0 aliphatic heterocycles. The van der Waals surface area contributed by atoms with Gasteiger partial charge in [0.05, 0.1) is 19.2 Å². The fourth-order valence-electron chi connectivity index (χ4n) is 4.89. The molecule has 0 amide bonds. The Bertz CT molecular complexity index is 1900. The van der Waals surface area contributed by atoms with Crippen molar-refractivity contribution in [3.05, 3.63) is 61.2 Å². The molecule has 3 aromatic heterocycles. The van der Waals surface area contributed by atoms with E-state index in [4.69, 9.17) is 20.2 Å². The van der Waals surface area contributed by atoms with Gasteiger partial charge in [-0.15, -0.1) is 4.98 Å². The van der Waals surface area contributed by atoms with Gasteiger partial charge in [-0.25, -0.2) is 9.13 Å². The molecule has 5 rings (SSSR count). The van der Waals surface area contributed by atoms with Crippen LogP contribution in [0.4, 0.5) is 56.3 Å². The monoisotopic (exact) mass is 829 g/mol. The third-order valence-electron chi connectivity index (χ3n) is 6.99. The van der Waals surface area contributed by atoms with Gasteiger partial charge in [0, 0.05) is 20.0 Å². The van der Waals surface area contributed by atoms with E-state index in [2.05, 4.69) is 112 Å². The zero-order valence-electron chi connectivity index (χ0n) is 29.9. The van der Waals surface area contributed by atoms with Crippen molar-refractivity contribution in [2.24, 2.45) is 0 Å². The third-order valence-corrected chi connectivity index (χ3v) is 6.99. The first kappa shape index (κ1) is 45.9. The molecule has 0 spiro atoms. The summed E-state index contributed by atoms with van der Waals surface area (Å²) in [5, 5.41) is 7.32. The molecule has 2 aromatic carbocycles. The van der Waals surface area contributed by atoms with E-state index in [-0.39, 0.29) is 0 Å². The molecule has 0 bridgehead atoms. The van der Waals surface area contributed by atoms with Gasteiger partial charge in [0.25, 0.3) is 12.7 Å². The number of nitriles is 1. The van der Waals surface area contributed by atoms with Crippen LogP contribution in [0.25, 0.3) is 34.0 Å². The molecule has 0 saturated carbocycles. The number of hydrogen-bond donors (Lipinski definition) is 0. The standard InChI is InChI=1S/C29H38N8.C2H3N.2F6P/c1-5-9-19-34-21-36(25-17-13-11-15-23(25)34)28-30-27(33(7-3)8-4)31-29(32-28)37-22-35(20-10-6-2)24-16-12-14-18-26(24)37;1-2-3;2*1-7(2,3,4,5)6/h11-18,21-22H,5-10,19-20H2,1-4H3;1H3;;/q+2;;2*-1. The molecular weight excluding hydrogens is 788 g/mol. The minimum atomic E-state index is -10.7. The van der Waals surface area contributed by atoms with Gasteiger partial charge in [-0.2, -0.15) is 24.4 Å². The van der Waals surface area contributed by atoms with Crippen molar-refractivity contribution in [3.8, 4) is 18.0 Å². The van der Waals surface area contributed by atoms with Gasteiger partial charge in [-0.1, -0.05) is 51.0 Å². The Morgan fingerprint density at radius 1 is 0.611 bits per heavy atom. The average Bonchev–Trinajstić information content (AvgIpc) is 3.59. The number of rotatable bonds is 11. The van der Waals surface area contributed by atoms with E-state index in [9.17, 15) is 50.4 Å². The Hall–Kier alpha value is -4.30. The summed E-state index contributed by atoms with van der Waals surface area (Å²) in [4.78, 5) is 17.2. The predicted octanol–water partition coefficient (Wildman–Crippen LogP) is 12.1. The van der Waals surface area contributed by atoms with E-state index in [0.29, 0.717) is 17.8 Å². The Balaban J connectivity index is 0.000000496. The van der Waals surface area contributed by atoms with Crippen molar-refractivity contribution in [1.82, 2.24) is 24.1 Å². The topological polar surface area (TPSA) is 83.3 Å². The Morgan fingerprint density at radius 2 is 0.926 bits per heavy atom. The molecule has 0 aliphatic rings. The molecule has 0 unspecified atom stereocenters. The molecule has 0 atom stereocenters. The van der Waals surface area contributed by atoms with Crippen LogP contribution in [0.5, 0.6) is 0 Å². The van der Waals surface area contributed by atoms with Crippen LogP contribution >= 0.6 is 15.6 Å². The van der Waals surface area contributed by atoms with Gasteiger partial charge in [0.15, 0.2) is 22.1 Å². The van der Waals surface area contributed by atoms with Crippen molar-refractivity contribution >= 4 is 43.6 Å². The minimum absolute atomic E-state index is 0.635. The summed E-state index contributed by atoms with van der Waals surface area (Å²) in [5.74, 6) is 1.97. The number of fused-ring (bicyclic) bond motifs is 2. The molecule has 304 valence electrons. The van der Waals surface area contributed by atoms with Crippen LogP contribution in [-0.2, 0) is 13.1 Å². The van der Waals surface area contributed by atoms with E-state index in [1.807, 2.05) is 0 Å². The van der Waals surface area contributed by atoms with Crippen molar-refractivity contribution in [2.45, 2.75) is 73.4 Å². The summed E-state index contributed by atoms with van der Waals surface area (Å²) >= 11 is 0. The fourth-order valence-corrected chi connectivity index (χ4v) is 4.89. The Labute approximate surface area is 303 Å². The van der Waals surface area contributed by atoms with E-state index in [0.717, 1.165) is 62.9 Å². The van der Waals surface area contributed by atoms with Gasteiger partial charge in [-0.05, 0) is 51.0 Å². The molecule has 9 nitrogen and oxygen atoms in total. The number of nitrogens with zero attached hydrogens (tertiary/aromatic N) is 9. The Morgan fingerprint density at radius 3 is 1.22 bits per heavy atom. The number of aromatic nitrogens is 7. The number of aryl methyl sites for hydroxylation is 2. The van der Waals surface area contributed by atoms with E-state index in [1.165, 1.54) is 18.0 Å². The molecule has 3 heterocycles. The SMILES string of the molecule is CC#N.CCCC[n+]1cn(-c2nc(N(CC)CC)nc(-n3c[n+](CCCC)c4ccccc43)n2)c2ccccc21.F[P-](F)(F)(F)(F)F.F[P-](F)(F)(F)(F)F. The van der Waals surface area contributed by atoms with Crippen LogP contribution in [0, 0.1) is 11.3 Å². The van der Waals surface area contributed by atoms with Crippen molar-refractivity contribution < 1.29 is 59.5 Å². The number of anilines is 1. The normalized spacial score (nSPS) is 14.1. The summed E-state index contributed by atoms with van der Waals surface area (Å²) in [6.45, 7) is 13.7. The maximum absolute atomic E-state index is 10.7. The zero-order chi connectivity index (χ0) is 41.3. The van der Waals surface area contributed by atoms with Crippen molar-refractivity contribution in [2.75, 3.05) is 18.0 Å². The number of para-hydroxylation sites is 4. The molecule has 0 fully saturated rings. The second-order valence-corrected chi connectivity index (χ2v) is 15.4. The molecular formula is C31H41F12N9P2. The van der Waals surface area contributed by atoms with Crippen LogP contribution in [0.1, 0.15) is 60.3 Å². The number of hydrogen-bond acceptors (Lipinski definition) is 5. The summed E-state index contributed by atoms with van der Waals surface area (Å²) < 4.78 is 127. The third kappa shape index (κ3) is 17.2. The molecule has 23 heteroatoms. The van der Waals surface area contributed by atoms with Gasteiger partial charge >= 0.3 is 77.9 Å². The fraction of sp³-hybridized carbons (Fsp3) is 0.419. The molecule has 0 aliphatic carbocycles. The summed E-state index contributed by atoms with van der Waals surface area (Å²) in [6.07, 6.45) is 8.82. The van der Waals surface area contributed by atoms with E-state index >= 15 is 0 Å². The van der Waals surface area contributed by atoms with Crippen LogP contribution in [0.2, 0.25) is 0 Å². The van der Waals surface area contributed by atoms with Crippen LogP contribution in [0.3, 0.4) is 0 Å². The van der Waals surface area contributed by atoms with Crippen LogP contribution in [0.15, 0.2) is 61.2 Å². The molecule has 0 saturated heterocycles. The van der Waals surface area contributed by atoms with Crippen LogP contribution in [-0.4, -0.2) is 37.2 Å². The number of unbranched alkanes of at least 4 members (excludes halogenated alkanes) is 2. The van der Waals surface area contributed by atoms with E-state index in [1.54, 1.807) is 6.07 Å². The first-order valence-corrected chi connectivity index (χ1v) is 20.5. The maximum atomic E-state index is 9.87. The summed E-state index contributed by atoms with van der Waals surface area (Å²) in [7, 11) is -21.3. The second kappa shape index (κ2) is 15.8. The quantitative estimate of drug-likeness (QED) is 0.0752. The second-order valence-electron chi connectivity index (χ2n) is 11.6. The Kier molecular flexibility index (Phi) is 13.4. The predicted molar refractivity (Wildman–Crippen MR) is 186 cm³/mol. The summed E-state index contributed by atoms with van der Waals surface area (Å²) in [5.41, 5.74) is 4.56. The van der Waals surface area contributed by atoms with Gasteiger partial charge in [0.1, 0.15) is 0 Å². The number of benzene rings is 2.